The number of carbonyl (C=O) groups excluding carboxylic acids is 1. The van der Waals surface area contributed by atoms with Gasteiger partial charge in [-0.2, -0.15) is 26.3 Å². The lowest BCUT2D eigenvalue weighted by Gasteiger charge is -2.17. The lowest BCUT2D eigenvalue weighted by Crippen LogP contribution is -2.19. The molecule has 0 radical (unpaired) electrons. The summed E-state index contributed by atoms with van der Waals surface area (Å²) in [4.78, 5) is 27.8. The van der Waals surface area contributed by atoms with Crippen LogP contribution in [0.1, 0.15) is 37.4 Å². The minimum absolute atomic E-state index is 0.0827. The number of anilines is 1. The highest BCUT2D eigenvalue weighted by molar-refractivity contribution is 9.10. The second-order valence-corrected chi connectivity index (χ2v) is 12.5. The summed E-state index contributed by atoms with van der Waals surface area (Å²) in [5.74, 6) is -15.9. The van der Waals surface area contributed by atoms with Gasteiger partial charge < -0.3 is 29.4 Å². The third-order valence-electron chi connectivity index (χ3n) is 7.29. The maximum Gasteiger partial charge on any atom is 0.573 e. The molecule has 62 heavy (non-hydrogen) atoms. The molecule has 1 amide bonds. The van der Waals surface area contributed by atoms with Crippen LogP contribution >= 0.6 is 15.9 Å². The molecule has 0 fully saturated rings. The van der Waals surface area contributed by atoms with E-state index >= 15 is 0 Å². The number of ether oxygens (including phenoxy) is 4. The second-order valence-electron chi connectivity index (χ2n) is 11.7. The number of alkyl halides is 12. The molecule has 26 heteroatoms. The first kappa shape index (κ1) is 48.2. The van der Waals surface area contributed by atoms with Gasteiger partial charge in [-0.1, -0.05) is 0 Å². The van der Waals surface area contributed by atoms with E-state index in [9.17, 15) is 79.8 Å². The van der Waals surface area contributed by atoms with Crippen molar-refractivity contribution in [3.63, 3.8) is 0 Å². The molecule has 1 heterocycles. The minimum atomic E-state index is -5.19. The van der Waals surface area contributed by atoms with E-state index in [1.165, 1.54) is 19.2 Å². The molecule has 9 nitrogen and oxygen atoms in total. The topological polar surface area (TPSA) is 116 Å². The Morgan fingerprint density at radius 2 is 1.02 bits per heavy atom. The number of carboxylic acid groups (broad SMARTS) is 1. The first-order chi connectivity index (χ1) is 28.4. The average molecular weight is 973 g/mol. The summed E-state index contributed by atoms with van der Waals surface area (Å²) in [6, 6.07) is 6.20. The maximum absolute atomic E-state index is 14.9. The van der Waals surface area contributed by atoms with Crippen molar-refractivity contribution in [1.82, 2.24) is 4.98 Å². The van der Waals surface area contributed by atoms with Gasteiger partial charge in [0.1, 0.15) is 38.7 Å². The number of rotatable bonds is 9. The standard InChI is InChI=1S/C21H11BrF8N2O3.C15H6F8O4/c1-9-8-31-16(22)7-13(9)32-19(33)17-15(5-3-11(18(17)24)20(25,26)27)34-10-2-4-14(12(23)6-10)35-21(28,29)30;16-8-5-6(1-3-9(8)27-15(21,22)23)26-10-4-2-7(14(18,19)20)12(17)11(10)13(24)25/h2-8H,1H3,(H,31,32,33);1-5H,(H,24,25). The van der Waals surface area contributed by atoms with E-state index in [1.54, 1.807) is 0 Å². The van der Waals surface area contributed by atoms with Gasteiger partial charge >= 0.3 is 31.0 Å². The summed E-state index contributed by atoms with van der Waals surface area (Å²) in [6.07, 6.45) is -19.4. The van der Waals surface area contributed by atoms with Crippen LogP contribution in [-0.4, -0.2) is 34.7 Å². The molecule has 332 valence electrons. The van der Waals surface area contributed by atoms with Crippen molar-refractivity contribution in [2.24, 2.45) is 0 Å². The van der Waals surface area contributed by atoms with Crippen molar-refractivity contribution in [1.29, 1.82) is 0 Å². The molecule has 0 aliphatic carbocycles. The highest BCUT2D eigenvalue weighted by atomic mass is 79.9. The average Bonchev–Trinajstić information content (AvgIpc) is 3.10. The van der Waals surface area contributed by atoms with E-state index in [0.717, 1.165) is 6.07 Å². The molecular formula is C36H17BrF16N2O7. The van der Waals surface area contributed by atoms with Gasteiger partial charge in [0.2, 0.25) is 0 Å². The van der Waals surface area contributed by atoms with Gasteiger partial charge in [-0.15, -0.1) is 26.3 Å². The van der Waals surface area contributed by atoms with Crippen LogP contribution in [0.2, 0.25) is 0 Å². The molecule has 0 unspecified atom stereocenters. The Balaban J connectivity index is 0.000000282. The van der Waals surface area contributed by atoms with E-state index < -0.39 is 117 Å². The number of carbonyl (C=O) groups is 2. The molecule has 0 saturated carbocycles. The highest BCUT2D eigenvalue weighted by Crippen LogP contribution is 2.40. The van der Waals surface area contributed by atoms with Gasteiger partial charge in [0, 0.05) is 24.0 Å². The number of aromatic carboxylic acids is 1. The Morgan fingerprint density at radius 3 is 1.40 bits per heavy atom. The number of hydrogen-bond donors (Lipinski definition) is 2. The molecule has 2 N–H and O–H groups in total. The van der Waals surface area contributed by atoms with Gasteiger partial charge in [0.25, 0.3) is 5.91 Å². The van der Waals surface area contributed by atoms with Gasteiger partial charge in [0.15, 0.2) is 34.8 Å². The highest BCUT2D eigenvalue weighted by Gasteiger charge is 2.39. The molecule has 0 spiro atoms. The molecule has 0 aliphatic rings. The molecule has 0 saturated heterocycles. The van der Waals surface area contributed by atoms with Crippen LogP contribution in [0, 0.1) is 30.2 Å². The van der Waals surface area contributed by atoms with E-state index in [0.29, 0.717) is 54.1 Å². The molecule has 0 bridgehead atoms. The number of pyridine rings is 1. The number of halogens is 17. The van der Waals surface area contributed by atoms with Crippen LogP contribution in [0.25, 0.3) is 0 Å². The van der Waals surface area contributed by atoms with Crippen molar-refractivity contribution >= 4 is 33.5 Å². The first-order valence-corrected chi connectivity index (χ1v) is 16.7. The SMILES string of the molecule is Cc1cnc(Br)cc1NC(=O)c1c(Oc2ccc(OC(F)(F)F)c(F)c2)ccc(C(F)(F)F)c1F.O=C(O)c1c(Oc2ccc(OC(F)(F)F)c(F)c2)ccc(C(F)(F)F)c1F. The third-order valence-corrected chi connectivity index (χ3v) is 7.72. The van der Waals surface area contributed by atoms with Gasteiger partial charge in [0.05, 0.1) is 11.1 Å². The minimum Gasteiger partial charge on any atom is -0.477 e. The van der Waals surface area contributed by atoms with Crippen LogP contribution in [0.15, 0.2) is 77.5 Å². The third kappa shape index (κ3) is 12.5. The first-order valence-electron chi connectivity index (χ1n) is 15.9. The molecule has 0 atom stereocenters. The predicted molar refractivity (Wildman–Crippen MR) is 181 cm³/mol. The Labute approximate surface area is 342 Å². The van der Waals surface area contributed by atoms with Crippen LogP contribution in [0.3, 0.4) is 0 Å². The number of aromatic nitrogens is 1. The van der Waals surface area contributed by atoms with Crippen molar-refractivity contribution < 1.29 is 104 Å². The fourth-order valence-electron chi connectivity index (χ4n) is 4.71. The monoisotopic (exact) mass is 972 g/mol. The Kier molecular flexibility index (Phi) is 14.2. The van der Waals surface area contributed by atoms with Crippen LogP contribution in [-0.2, 0) is 12.4 Å². The predicted octanol–water partition coefficient (Wildman–Crippen LogP) is 12.8. The number of carboxylic acids is 1. The summed E-state index contributed by atoms with van der Waals surface area (Å²) in [7, 11) is 0. The number of nitrogens with zero attached hydrogens (tertiary/aromatic N) is 1. The van der Waals surface area contributed by atoms with Crippen molar-refractivity contribution in [2.75, 3.05) is 5.32 Å². The van der Waals surface area contributed by atoms with Gasteiger partial charge in [-0.3, -0.25) is 4.79 Å². The zero-order chi connectivity index (χ0) is 46.7. The van der Waals surface area contributed by atoms with E-state index in [2.05, 4.69) is 35.7 Å². The second kappa shape index (κ2) is 18.3. The van der Waals surface area contributed by atoms with E-state index in [1.807, 2.05) is 0 Å². The molecule has 5 aromatic rings. The summed E-state index contributed by atoms with van der Waals surface area (Å²) in [5.41, 5.74) is -5.84. The number of benzene rings is 4. The Bertz CT molecular complexity index is 2490. The number of aryl methyl sites for hydroxylation is 1. The van der Waals surface area contributed by atoms with Crippen LogP contribution < -0.4 is 24.3 Å². The van der Waals surface area contributed by atoms with Crippen LogP contribution in [0.4, 0.5) is 75.9 Å². The zero-order valence-corrected chi connectivity index (χ0v) is 31.3. The summed E-state index contributed by atoms with van der Waals surface area (Å²) in [6.45, 7) is 1.52. The Morgan fingerprint density at radius 1 is 0.613 bits per heavy atom. The van der Waals surface area contributed by atoms with Gasteiger partial charge in [-0.25, -0.2) is 27.3 Å². The fraction of sp³-hybridized carbons (Fsp3) is 0.139. The summed E-state index contributed by atoms with van der Waals surface area (Å²) >= 11 is 3.06. The number of amides is 1. The quantitative estimate of drug-likeness (QED) is 0.111. The molecule has 0 aliphatic heterocycles. The lowest BCUT2D eigenvalue weighted by atomic mass is 10.1. The fourth-order valence-corrected chi connectivity index (χ4v) is 5.04. The largest absolute Gasteiger partial charge is 0.573 e. The maximum atomic E-state index is 14.9. The summed E-state index contributed by atoms with van der Waals surface area (Å²) in [5, 5.41) is 11.2. The number of nitrogens with one attached hydrogen (secondary N) is 1. The van der Waals surface area contributed by atoms with Gasteiger partial charge in [-0.05, 0) is 83.0 Å². The van der Waals surface area contributed by atoms with Crippen molar-refractivity contribution in [3.8, 4) is 34.5 Å². The molecule has 1 aromatic heterocycles. The van der Waals surface area contributed by atoms with E-state index in [-0.39, 0.29) is 16.4 Å². The van der Waals surface area contributed by atoms with Crippen molar-refractivity contribution in [2.45, 2.75) is 32.0 Å². The van der Waals surface area contributed by atoms with E-state index in [4.69, 9.17) is 14.6 Å². The molecule has 5 rings (SSSR count). The summed E-state index contributed by atoms with van der Waals surface area (Å²) < 4.78 is 224. The smallest absolute Gasteiger partial charge is 0.477 e. The number of hydrogen-bond acceptors (Lipinski definition) is 7. The molecular weight excluding hydrogens is 956 g/mol. The molecule has 4 aromatic carbocycles. The lowest BCUT2D eigenvalue weighted by molar-refractivity contribution is -0.276. The van der Waals surface area contributed by atoms with Crippen LogP contribution in [0.5, 0.6) is 34.5 Å². The zero-order valence-electron chi connectivity index (χ0n) is 29.7. The van der Waals surface area contributed by atoms with Crippen molar-refractivity contribution in [3.05, 3.63) is 129 Å². The Hall–Kier alpha value is -6.47. The normalized spacial score (nSPS) is 11.9.